The van der Waals surface area contributed by atoms with E-state index in [1.165, 1.54) is 5.75 Å². The molecule has 1 aromatic heterocycles. The number of thioether (sulfide) groups is 1. The largest absolute Gasteiger partial charge is 0.370 e. The first-order valence-corrected chi connectivity index (χ1v) is 8.35. The van der Waals surface area contributed by atoms with Crippen molar-refractivity contribution in [2.75, 3.05) is 24.6 Å². The van der Waals surface area contributed by atoms with Gasteiger partial charge in [-0.05, 0) is 36.0 Å². The second kappa shape index (κ2) is 13.2. The van der Waals surface area contributed by atoms with Gasteiger partial charge in [0, 0.05) is 31.4 Å². The molecule has 0 unspecified atom stereocenters. The van der Waals surface area contributed by atoms with E-state index in [4.69, 9.17) is 5.73 Å². The molecule has 4 nitrogen and oxygen atoms in total. The Bertz CT molecular complexity index is 385. The summed E-state index contributed by atoms with van der Waals surface area (Å²) >= 11 is 1.99. The Hall–Kier alpha value is -0.500. The number of pyridine rings is 1. The van der Waals surface area contributed by atoms with Gasteiger partial charge in [-0.25, -0.2) is 0 Å². The maximum Gasteiger partial charge on any atom is 0.188 e. The zero-order valence-electron chi connectivity index (χ0n) is 12.9. The molecular weight excluding hydrogens is 395 g/mol. The molecule has 0 amide bonds. The van der Waals surface area contributed by atoms with Gasteiger partial charge in [0.2, 0.25) is 0 Å². The fourth-order valence-electron chi connectivity index (χ4n) is 1.61. The normalized spacial score (nSPS) is 11.3. The SMILES string of the molecule is CC(C)CSCCCN=C(N)NCCc1ccccn1.I. The van der Waals surface area contributed by atoms with Crippen LogP contribution in [0.2, 0.25) is 0 Å². The second-order valence-electron chi connectivity index (χ2n) is 5.09. The number of nitrogens with one attached hydrogen (secondary N) is 1. The Morgan fingerprint density at radius 2 is 2.24 bits per heavy atom. The van der Waals surface area contributed by atoms with E-state index in [0.717, 1.165) is 43.3 Å². The monoisotopic (exact) mass is 422 g/mol. The van der Waals surface area contributed by atoms with Gasteiger partial charge in [0.15, 0.2) is 5.96 Å². The Balaban J connectivity index is 0.00000400. The molecule has 0 saturated carbocycles. The third-order valence-electron chi connectivity index (χ3n) is 2.59. The molecule has 21 heavy (non-hydrogen) atoms. The molecule has 1 rings (SSSR count). The van der Waals surface area contributed by atoms with Crippen LogP contribution in [0.5, 0.6) is 0 Å². The van der Waals surface area contributed by atoms with Crippen LogP contribution in [0.1, 0.15) is 26.0 Å². The molecule has 3 N–H and O–H groups in total. The number of hydrogen-bond acceptors (Lipinski definition) is 3. The van der Waals surface area contributed by atoms with E-state index in [1.54, 1.807) is 0 Å². The van der Waals surface area contributed by atoms with Gasteiger partial charge in [-0.15, -0.1) is 24.0 Å². The summed E-state index contributed by atoms with van der Waals surface area (Å²) in [6.45, 7) is 6.06. The average molecular weight is 422 g/mol. The maximum absolute atomic E-state index is 5.81. The first-order chi connectivity index (χ1) is 9.68. The van der Waals surface area contributed by atoms with Crippen LogP contribution in [0.3, 0.4) is 0 Å². The summed E-state index contributed by atoms with van der Waals surface area (Å²) in [6, 6.07) is 5.93. The minimum absolute atomic E-state index is 0. The van der Waals surface area contributed by atoms with Crippen LogP contribution < -0.4 is 11.1 Å². The van der Waals surface area contributed by atoms with Gasteiger partial charge in [-0.3, -0.25) is 9.98 Å². The lowest BCUT2D eigenvalue weighted by atomic mass is 10.3. The quantitative estimate of drug-likeness (QED) is 0.278. The number of halogens is 1. The van der Waals surface area contributed by atoms with Crippen molar-refractivity contribution >= 4 is 41.7 Å². The summed E-state index contributed by atoms with van der Waals surface area (Å²) in [5, 5.41) is 3.12. The van der Waals surface area contributed by atoms with E-state index in [2.05, 4.69) is 29.1 Å². The zero-order chi connectivity index (χ0) is 14.6. The van der Waals surface area contributed by atoms with Gasteiger partial charge in [0.1, 0.15) is 0 Å². The van der Waals surface area contributed by atoms with Crippen molar-refractivity contribution in [1.82, 2.24) is 10.3 Å². The molecule has 0 aliphatic heterocycles. The third-order valence-corrected chi connectivity index (χ3v) is 4.07. The number of aromatic nitrogens is 1. The molecule has 0 radical (unpaired) electrons. The van der Waals surface area contributed by atoms with E-state index in [1.807, 2.05) is 36.2 Å². The number of hydrogen-bond donors (Lipinski definition) is 2. The Labute approximate surface area is 149 Å². The fourth-order valence-corrected chi connectivity index (χ4v) is 2.58. The highest BCUT2D eigenvalue weighted by molar-refractivity contribution is 14.0. The smallest absolute Gasteiger partial charge is 0.188 e. The highest BCUT2D eigenvalue weighted by atomic mass is 127. The lowest BCUT2D eigenvalue weighted by molar-refractivity contribution is 0.749. The standard InChI is InChI=1S/C15H26N4S.HI/c1-13(2)12-20-11-5-9-18-15(16)19-10-7-14-6-3-4-8-17-14;/h3-4,6,8,13H,5,7,9-12H2,1-2H3,(H3,16,18,19);1H. The summed E-state index contributed by atoms with van der Waals surface area (Å²) in [4.78, 5) is 8.58. The van der Waals surface area contributed by atoms with Crippen LogP contribution in [0.25, 0.3) is 0 Å². The lowest BCUT2D eigenvalue weighted by Crippen LogP contribution is -2.33. The minimum atomic E-state index is 0. The molecule has 0 bridgehead atoms. The number of nitrogens with two attached hydrogens (primary N) is 1. The second-order valence-corrected chi connectivity index (χ2v) is 6.24. The first-order valence-electron chi connectivity index (χ1n) is 7.20. The molecule has 0 aliphatic carbocycles. The van der Waals surface area contributed by atoms with Gasteiger partial charge in [-0.2, -0.15) is 11.8 Å². The van der Waals surface area contributed by atoms with Crippen LogP contribution in [0, 0.1) is 5.92 Å². The fraction of sp³-hybridized carbons (Fsp3) is 0.600. The van der Waals surface area contributed by atoms with Crippen molar-refractivity contribution in [2.45, 2.75) is 26.7 Å². The van der Waals surface area contributed by atoms with Crippen molar-refractivity contribution in [2.24, 2.45) is 16.6 Å². The third kappa shape index (κ3) is 11.8. The molecule has 0 fully saturated rings. The summed E-state index contributed by atoms with van der Waals surface area (Å²) in [6.07, 6.45) is 3.75. The molecule has 0 atom stereocenters. The van der Waals surface area contributed by atoms with Gasteiger partial charge in [0.25, 0.3) is 0 Å². The highest BCUT2D eigenvalue weighted by Gasteiger charge is 1.96. The van der Waals surface area contributed by atoms with Crippen LogP contribution >= 0.6 is 35.7 Å². The molecule has 6 heteroatoms. The number of rotatable bonds is 9. The van der Waals surface area contributed by atoms with Crippen LogP contribution in [0.4, 0.5) is 0 Å². The predicted molar refractivity (Wildman–Crippen MR) is 105 cm³/mol. The van der Waals surface area contributed by atoms with Crippen molar-refractivity contribution in [3.8, 4) is 0 Å². The van der Waals surface area contributed by atoms with E-state index in [-0.39, 0.29) is 24.0 Å². The molecule has 1 aromatic rings. The summed E-state index contributed by atoms with van der Waals surface area (Å²) in [5.41, 5.74) is 6.88. The Morgan fingerprint density at radius 3 is 2.90 bits per heavy atom. The van der Waals surface area contributed by atoms with Gasteiger partial charge < -0.3 is 11.1 Å². The van der Waals surface area contributed by atoms with Crippen molar-refractivity contribution in [1.29, 1.82) is 0 Å². The first kappa shape index (κ1) is 20.5. The topological polar surface area (TPSA) is 63.3 Å². The molecule has 0 spiro atoms. The van der Waals surface area contributed by atoms with E-state index < -0.39 is 0 Å². The Morgan fingerprint density at radius 1 is 1.43 bits per heavy atom. The Kier molecular flexibility index (Phi) is 12.9. The van der Waals surface area contributed by atoms with E-state index in [0.29, 0.717) is 5.96 Å². The molecular formula is C15H27IN4S. The minimum Gasteiger partial charge on any atom is -0.370 e. The molecule has 0 aromatic carbocycles. The molecule has 0 saturated heterocycles. The molecule has 1 heterocycles. The zero-order valence-corrected chi connectivity index (χ0v) is 16.1. The van der Waals surface area contributed by atoms with E-state index >= 15 is 0 Å². The number of guanidine groups is 1. The number of nitrogens with zero attached hydrogens (tertiary/aromatic N) is 2. The van der Waals surface area contributed by atoms with Crippen molar-refractivity contribution in [3.63, 3.8) is 0 Å². The van der Waals surface area contributed by atoms with Crippen LogP contribution in [-0.4, -0.2) is 35.5 Å². The van der Waals surface area contributed by atoms with Crippen LogP contribution in [0.15, 0.2) is 29.4 Å². The molecule has 120 valence electrons. The summed E-state index contributed by atoms with van der Waals surface area (Å²) < 4.78 is 0. The predicted octanol–water partition coefficient (Wildman–Crippen LogP) is 2.93. The van der Waals surface area contributed by atoms with Gasteiger partial charge in [-0.1, -0.05) is 19.9 Å². The highest BCUT2D eigenvalue weighted by Crippen LogP contribution is 2.08. The number of aliphatic imine (C=N–C) groups is 1. The van der Waals surface area contributed by atoms with Crippen molar-refractivity contribution in [3.05, 3.63) is 30.1 Å². The van der Waals surface area contributed by atoms with Crippen molar-refractivity contribution < 1.29 is 0 Å². The summed E-state index contributed by atoms with van der Waals surface area (Å²) in [7, 11) is 0. The molecule has 0 aliphatic rings. The summed E-state index contributed by atoms with van der Waals surface area (Å²) in [5.74, 6) is 3.68. The van der Waals surface area contributed by atoms with Crippen LogP contribution in [-0.2, 0) is 6.42 Å². The van der Waals surface area contributed by atoms with E-state index in [9.17, 15) is 0 Å². The maximum atomic E-state index is 5.81. The average Bonchev–Trinajstić information content (AvgIpc) is 2.43. The lowest BCUT2D eigenvalue weighted by Gasteiger charge is -2.06. The van der Waals surface area contributed by atoms with Gasteiger partial charge in [0.05, 0.1) is 0 Å². The van der Waals surface area contributed by atoms with Gasteiger partial charge >= 0.3 is 0 Å².